The Kier molecular flexibility index (Phi) is 3.28. The number of thioether (sulfide) groups is 1. The molecule has 1 aliphatic heterocycles. The van der Waals surface area contributed by atoms with E-state index in [4.69, 9.17) is 5.11 Å². The van der Waals surface area contributed by atoms with Crippen LogP contribution < -0.4 is 4.90 Å². The summed E-state index contributed by atoms with van der Waals surface area (Å²) in [4.78, 5) is 21.3. The first-order valence-electron chi connectivity index (χ1n) is 5.08. The number of carboxylic acid groups (broad SMARTS) is 1. The van der Waals surface area contributed by atoms with Gasteiger partial charge in [-0.15, -0.1) is 11.8 Å². The van der Waals surface area contributed by atoms with Crippen LogP contribution in [0, 0.1) is 0 Å². The summed E-state index contributed by atoms with van der Waals surface area (Å²) in [7, 11) is 0. The van der Waals surface area contributed by atoms with Crippen molar-refractivity contribution in [2.75, 3.05) is 17.7 Å². The smallest absolute Gasteiger partial charge is 0.326 e. The number of rotatable bonds is 3. The Labute approximate surface area is 97.9 Å². The highest BCUT2D eigenvalue weighted by Crippen LogP contribution is 2.24. The summed E-state index contributed by atoms with van der Waals surface area (Å²) >= 11 is 1.50. The zero-order chi connectivity index (χ0) is 11.5. The second-order valence-electron chi connectivity index (χ2n) is 3.61. The fourth-order valence-corrected chi connectivity index (χ4v) is 2.22. The molecule has 6 heteroatoms. The van der Waals surface area contributed by atoms with Crippen LogP contribution in [0.3, 0.4) is 0 Å². The lowest BCUT2D eigenvalue weighted by atomic mass is 10.2. The molecule has 1 aromatic rings. The van der Waals surface area contributed by atoms with E-state index in [0.29, 0.717) is 12.2 Å². The van der Waals surface area contributed by atoms with Gasteiger partial charge in [-0.1, -0.05) is 0 Å². The predicted molar refractivity (Wildman–Crippen MR) is 61.8 cm³/mol. The highest BCUT2D eigenvalue weighted by atomic mass is 32.2. The van der Waals surface area contributed by atoms with Crippen molar-refractivity contribution in [2.24, 2.45) is 0 Å². The molecule has 1 atom stereocenters. The molecule has 0 aliphatic carbocycles. The lowest BCUT2D eigenvalue weighted by molar-refractivity contribution is -0.138. The van der Waals surface area contributed by atoms with Gasteiger partial charge in [0, 0.05) is 6.54 Å². The summed E-state index contributed by atoms with van der Waals surface area (Å²) in [6.45, 7) is 0.740. The molecule has 1 fully saturated rings. The van der Waals surface area contributed by atoms with E-state index in [2.05, 4.69) is 9.97 Å². The van der Waals surface area contributed by atoms with Crippen LogP contribution >= 0.6 is 11.8 Å². The zero-order valence-electron chi connectivity index (χ0n) is 8.96. The van der Waals surface area contributed by atoms with Crippen molar-refractivity contribution in [1.82, 2.24) is 9.97 Å². The SMILES string of the molecule is CSc1cncc(N2CCCC2C(=O)O)n1. The maximum absolute atomic E-state index is 11.0. The minimum Gasteiger partial charge on any atom is -0.480 e. The normalized spacial score (nSPS) is 20.1. The first-order chi connectivity index (χ1) is 7.72. The van der Waals surface area contributed by atoms with Crippen LogP contribution in [0.5, 0.6) is 0 Å². The summed E-state index contributed by atoms with van der Waals surface area (Å²) in [5.41, 5.74) is 0. The number of carboxylic acids is 1. The van der Waals surface area contributed by atoms with Gasteiger partial charge in [0.2, 0.25) is 0 Å². The molecule has 1 aliphatic rings. The van der Waals surface area contributed by atoms with Gasteiger partial charge < -0.3 is 10.0 Å². The summed E-state index contributed by atoms with van der Waals surface area (Å²) in [6.07, 6.45) is 6.80. The monoisotopic (exact) mass is 239 g/mol. The zero-order valence-corrected chi connectivity index (χ0v) is 9.78. The molecule has 1 saturated heterocycles. The molecule has 1 unspecified atom stereocenters. The van der Waals surface area contributed by atoms with Gasteiger partial charge in [0.05, 0.1) is 12.4 Å². The highest BCUT2D eigenvalue weighted by Gasteiger charge is 2.31. The molecule has 2 rings (SSSR count). The van der Waals surface area contributed by atoms with Crippen molar-refractivity contribution in [2.45, 2.75) is 23.9 Å². The van der Waals surface area contributed by atoms with Crippen molar-refractivity contribution in [3.05, 3.63) is 12.4 Å². The molecule has 1 aromatic heterocycles. The lowest BCUT2D eigenvalue weighted by Crippen LogP contribution is -2.36. The van der Waals surface area contributed by atoms with Crippen LogP contribution in [-0.4, -0.2) is 39.9 Å². The van der Waals surface area contributed by atoms with E-state index >= 15 is 0 Å². The van der Waals surface area contributed by atoms with E-state index in [9.17, 15) is 4.79 Å². The van der Waals surface area contributed by atoms with E-state index < -0.39 is 12.0 Å². The fourth-order valence-electron chi connectivity index (χ4n) is 1.87. The first kappa shape index (κ1) is 11.2. The Balaban J connectivity index is 2.25. The number of anilines is 1. The first-order valence-corrected chi connectivity index (χ1v) is 6.30. The Morgan fingerprint density at radius 3 is 3.12 bits per heavy atom. The van der Waals surface area contributed by atoms with E-state index in [0.717, 1.165) is 18.0 Å². The van der Waals surface area contributed by atoms with Crippen molar-refractivity contribution in [3.8, 4) is 0 Å². The second kappa shape index (κ2) is 4.69. The molecule has 5 nitrogen and oxygen atoms in total. The fraction of sp³-hybridized carbons (Fsp3) is 0.500. The third kappa shape index (κ3) is 2.11. The molecule has 2 heterocycles. The van der Waals surface area contributed by atoms with Crippen LogP contribution in [0.25, 0.3) is 0 Å². The Bertz CT molecular complexity index is 399. The average molecular weight is 239 g/mol. The number of aromatic nitrogens is 2. The van der Waals surface area contributed by atoms with E-state index in [1.165, 1.54) is 11.8 Å². The standard InChI is InChI=1S/C10H13N3O2S/c1-16-9-6-11-5-8(12-9)13-4-2-3-7(13)10(14)15/h5-7H,2-4H2,1H3,(H,14,15). The molecule has 1 N–H and O–H groups in total. The summed E-state index contributed by atoms with van der Waals surface area (Å²) in [6, 6.07) is -0.452. The van der Waals surface area contributed by atoms with Crippen molar-refractivity contribution < 1.29 is 9.90 Å². The molecular weight excluding hydrogens is 226 g/mol. The largest absolute Gasteiger partial charge is 0.480 e. The van der Waals surface area contributed by atoms with Gasteiger partial charge in [0.15, 0.2) is 0 Å². The van der Waals surface area contributed by atoms with Crippen LogP contribution in [0.15, 0.2) is 17.4 Å². The van der Waals surface area contributed by atoms with Gasteiger partial charge in [0.25, 0.3) is 0 Å². The Hall–Kier alpha value is -1.30. The van der Waals surface area contributed by atoms with Gasteiger partial charge in [-0.05, 0) is 19.1 Å². The third-order valence-electron chi connectivity index (χ3n) is 2.64. The van der Waals surface area contributed by atoms with Crippen molar-refractivity contribution in [3.63, 3.8) is 0 Å². The Morgan fingerprint density at radius 1 is 1.62 bits per heavy atom. The number of hydrogen-bond donors (Lipinski definition) is 1. The molecule has 16 heavy (non-hydrogen) atoms. The van der Waals surface area contributed by atoms with E-state index in [1.54, 1.807) is 12.4 Å². The van der Waals surface area contributed by atoms with Gasteiger partial charge in [-0.25, -0.2) is 9.78 Å². The summed E-state index contributed by atoms with van der Waals surface area (Å²) in [5, 5.41) is 9.89. The van der Waals surface area contributed by atoms with Gasteiger partial charge in [0.1, 0.15) is 16.9 Å². The quantitative estimate of drug-likeness (QED) is 0.801. The van der Waals surface area contributed by atoms with Gasteiger partial charge in [-0.2, -0.15) is 0 Å². The molecular formula is C10H13N3O2S. The summed E-state index contributed by atoms with van der Waals surface area (Å²) in [5.74, 6) is -0.120. The Morgan fingerprint density at radius 2 is 2.44 bits per heavy atom. The molecule has 86 valence electrons. The highest BCUT2D eigenvalue weighted by molar-refractivity contribution is 7.98. The second-order valence-corrected chi connectivity index (χ2v) is 4.44. The van der Waals surface area contributed by atoms with E-state index in [1.807, 2.05) is 11.2 Å². The van der Waals surface area contributed by atoms with Crippen molar-refractivity contribution >= 4 is 23.5 Å². The van der Waals surface area contributed by atoms with Gasteiger partial charge >= 0.3 is 5.97 Å². The molecule has 0 saturated carbocycles. The third-order valence-corrected chi connectivity index (χ3v) is 3.26. The van der Waals surface area contributed by atoms with Crippen LogP contribution in [-0.2, 0) is 4.79 Å². The van der Waals surface area contributed by atoms with Gasteiger partial charge in [-0.3, -0.25) is 4.98 Å². The van der Waals surface area contributed by atoms with Crippen molar-refractivity contribution in [1.29, 1.82) is 0 Å². The van der Waals surface area contributed by atoms with E-state index in [-0.39, 0.29) is 0 Å². The lowest BCUT2D eigenvalue weighted by Gasteiger charge is -2.22. The topological polar surface area (TPSA) is 66.3 Å². The van der Waals surface area contributed by atoms with Crippen LogP contribution in [0.4, 0.5) is 5.82 Å². The molecule has 0 spiro atoms. The predicted octanol–water partition coefficient (Wildman–Crippen LogP) is 1.25. The number of hydrogen-bond acceptors (Lipinski definition) is 5. The van der Waals surface area contributed by atoms with Crippen LogP contribution in [0.2, 0.25) is 0 Å². The number of carbonyl (C=O) groups is 1. The minimum atomic E-state index is -0.783. The number of aliphatic carboxylic acids is 1. The minimum absolute atomic E-state index is 0.452. The number of nitrogens with zero attached hydrogens (tertiary/aromatic N) is 3. The maximum atomic E-state index is 11.0. The average Bonchev–Trinajstić information content (AvgIpc) is 2.78. The van der Waals surface area contributed by atoms with Crippen LogP contribution in [0.1, 0.15) is 12.8 Å². The molecule has 0 aromatic carbocycles. The maximum Gasteiger partial charge on any atom is 0.326 e. The molecule has 0 amide bonds. The molecule has 0 radical (unpaired) electrons. The summed E-state index contributed by atoms with van der Waals surface area (Å²) < 4.78 is 0. The molecule has 0 bridgehead atoms.